The number of nitro groups is 1. The first-order chi connectivity index (χ1) is 7.89. The molecule has 92 valence electrons. The zero-order chi connectivity index (χ0) is 12.6. The van der Waals surface area contributed by atoms with Crippen molar-refractivity contribution in [2.24, 2.45) is 0 Å². The van der Waals surface area contributed by atoms with Crippen molar-refractivity contribution >= 4 is 15.8 Å². The van der Waals surface area contributed by atoms with Gasteiger partial charge in [0.15, 0.2) is 0 Å². The summed E-state index contributed by atoms with van der Waals surface area (Å²) in [5.41, 5.74) is -0.335. The highest BCUT2D eigenvalue weighted by Crippen LogP contribution is 2.29. The van der Waals surface area contributed by atoms with Crippen molar-refractivity contribution in [1.82, 2.24) is 0 Å². The van der Waals surface area contributed by atoms with Gasteiger partial charge in [-0.25, -0.2) is 0 Å². The molecule has 1 unspecified atom stereocenters. The van der Waals surface area contributed by atoms with Gasteiger partial charge in [-0.05, 0) is 6.07 Å². The summed E-state index contributed by atoms with van der Waals surface area (Å²) < 4.78 is 36.2. The molecule has 8 heteroatoms. The summed E-state index contributed by atoms with van der Waals surface area (Å²) in [5.74, 6) is 0. The van der Waals surface area contributed by atoms with E-state index in [1.807, 2.05) is 0 Å². The maximum absolute atomic E-state index is 11.1. The summed E-state index contributed by atoms with van der Waals surface area (Å²) in [5, 5.41) is 10.8. The zero-order valence-electron chi connectivity index (χ0n) is 8.57. The second-order valence-electron chi connectivity index (χ2n) is 3.65. The highest BCUT2D eigenvalue weighted by molar-refractivity contribution is 7.85. The van der Waals surface area contributed by atoms with E-state index < -0.39 is 19.9 Å². The predicted molar refractivity (Wildman–Crippen MR) is 56.4 cm³/mol. The smallest absolute Gasteiger partial charge is 0.295 e. The molecule has 7 nitrogen and oxygen atoms in total. The van der Waals surface area contributed by atoms with Crippen LogP contribution in [0.1, 0.15) is 5.56 Å². The molecule has 2 rings (SSSR count). The second-order valence-corrected chi connectivity index (χ2v) is 5.04. The van der Waals surface area contributed by atoms with E-state index in [0.29, 0.717) is 6.61 Å². The number of epoxide rings is 1. The lowest BCUT2D eigenvalue weighted by molar-refractivity contribution is -0.385. The number of nitro benzene ring substituents is 1. The van der Waals surface area contributed by atoms with Crippen molar-refractivity contribution in [2.45, 2.75) is 17.4 Å². The average Bonchev–Trinajstić information content (AvgIpc) is 3.00. The number of nitrogens with zero attached hydrogens (tertiary/aromatic N) is 1. The lowest BCUT2D eigenvalue weighted by atomic mass is 10.1. The molecular weight excluding hydrogens is 250 g/mol. The Hall–Kier alpha value is -1.51. The van der Waals surface area contributed by atoms with Gasteiger partial charge in [0.05, 0.1) is 23.2 Å². The molecule has 0 radical (unpaired) electrons. The Balaban J connectivity index is 2.57. The number of hydrogen-bond donors (Lipinski definition) is 1. The number of rotatable bonds is 4. The van der Waals surface area contributed by atoms with E-state index in [9.17, 15) is 18.5 Å². The van der Waals surface area contributed by atoms with Crippen LogP contribution in [0, 0.1) is 10.1 Å². The summed E-state index contributed by atoms with van der Waals surface area (Å²) in [7, 11) is -4.47. The molecule has 0 saturated carbocycles. The van der Waals surface area contributed by atoms with Crippen LogP contribution in [0.15, 0.2) is 23.1 Å². The lowest BCUT2D eigenvalue weighted by Crippen LogP contribution is -2.08. The summed E-state index contributed by atoms with van der Waals surface area (Å²) in [6, 6.07) is 3.56. The predicted octanol–water partition coefficient (Wildman–Crippen LogP) is 0.783. The summed E-state index contributed by atoms with van der Waals surface area (Å²) in [4.78, 5) is 9.69. The third kappa shape index (κ3) is 2.60. The van der Waals surface area contributed by atoms with Crippen LogP contribution in [0.25, 0.3) is 0 Å². The van der Waals surface area contributed by atoms with E-state index >= 15 is 0 Å². The third-order valence-electron chi connectivity index (χ3n) is 2.42. The van der Waals surface area contributed by atoms with Crippen molar-refractivity contribution in [3.8, 4) is 0 Å². The Kier molecular flexibility index (Phi) is 2.86. The van der Waals surface area contributed by atoms with Gasteiger partial charge in [0.25, 0.3) is 15.8 Å². The van der Waals surface area contributed by atoms with Gasteiger partial charge in [0.1, 0.15) is 4.90 Å². The van der Waals surface area contributed by atoms with Crippen LogP contribution < -0.4 is 0 Å². The molecule has 1 fully saturated rings. The molecule has 1 aromatic carbocycles. The van der Waals surface area contributed by atoms with E-state index in [2.05, 4.69) is 0 Å². The van der Waals surface area contributed by atoms with Gasteiger partial charge in [-0.15, -0.1) is 0 Å². The molecule has 1 aromatic rings. The van der Waals surface area contributed by atoms with Gasteiger partial charge >= 0.3 is 0 Å². The molecule has 0 bridgehead atoms. The SMILES string of the molecule is O=[N+]([O-])c1cccc(S(=O)(=O)O)c1CC1CO1. The van der Waals surface area contributed by atoms with Crippen molar-refractivity contribution in [2.75, 3.05) is 6.61 Å². The minimum absolute atomic E-state index is 0.0116. The van der Waals surface area contributed by atoms with E-state index in [-0.39, 0.29) is 23.8 Å². The molecule has 1 N–H and O–H groups in total. The summed E-state index contributed by atoms with van der Waals surface area (Å²) in [6.07, 6.45) is -0.108. The molecule has 1 aliphatic rings. The summed E-state index contributed by atoms with van der Waals surface area (Å²) in [6.45, 7) is 0.441. The monoisotopic (exact) mass is 259 g/mol. The molecule has 0 aliphatic carbocycles. The van der Waals surface area contributed by atoms with Crippen molar-refractivity contribution in [3.05, 3.63) is 33.9 Å². The number of ether oxygens (including phenoxy) is 1. The van der Waals surface area contributed by atoms with Crippen LogP contribution in [0.3, 0.4) is 0 Å². The maximum Gasteiger partial charge on any atom is 0.295 e. The van der Waals surface area contributed by atoms with Crippen LogP contribution >= 0.6 is 0 Å². The van der Waals surface area contributed by atoms with Gasteiger partial charge in [0.2, 0.25) is 0 Å². The third-order valence-corrected chi connectivity index (χ3v) is 3.36. The molecule has 1 atom stereocenters. The quantitative estimate of drug-likeness (QED) is 0.370. The minimum atomic E-state index is -4.47. The first-order valence-corrected chi connectivity index (χ1v) is 6.19. The fourth-order valence-corrected chi connectivity index (χ4v) is 2.34. The fourth-order valence-electron chi connectivity index (χ4n) is 1.59. The fraction of sp³-hybridized carbons (Fsp3) is 0.333. The first kappa shape index (κ1) is 12.0. The van der Waals surface area contributed by atoms with Gasteiger partial charge < -0.3 is 4.74 Å². The normalized spacial score (nSPS) is 19.0. The van der Waals surface area contributed by atoms with E-state index in [4.69, 9.17) is 9.29 Å². The van der Waals surface area contributed by atoms with Crippen LogP contribution in [-0.4, -0.2) is 30.6 Å². The van der Waals surface area contributed by atoms with Gasteiger partial charge in [-0.3, -0.25) is 14.7 Å². The number of hydrogen-bond acceptors (Lipinski definition) is 5. The average molecular weight is 259 g/mol. The number of benzene rings is 1. The van der Waals surface area contributed by atoms with E-state index in [1.54, 1.807) is 0 Å². The standard InChI is InChI=1S/C9H9NO6S/c11-10(12)8-2-1-3-9(17(13,14)15)7(8)4-6-5-16-6/h1-3,6H,4-5H2,(H,13,14,15). The van der Waals surface area contributed by atoms with Crippen LogP contribution in [-0.2, 0) is 21.3 Å². The Labute approximate surface area is 96.9 Å². The van der Waals surface area contributed by atoms with Crippen molar-refractivity contribution < 1.29 is 22.6 Å². The molecule has 1 aliphatic heterocycles. The Morgan fingerprint density at radius 1 is 1.53 bits per heavy atom. The highest BCUT2D eigenvalue weighted by atomic mass is 32.2. The van der Waals surface area contributed by atoms with Crippen molar-refractivity contribution in [3.63, 3.8) is 0 Å². The Bertz CT molecular complexity index is 563. The van der Waals surface area contributed by atoms with Gasteiger partial charge in [0, 0.05) is 12.5 Å². The summed E-state index contributed by atoms with van der Waals surface area (Å²) >= 11 is 0. The van der Waals surface area contributed by atoms with Crippen LogP contribution in [0.5, 0.6) is 0 Å². The Morgan fingerprint density at radius 3 is 2.65 bits per heavy atom. The Morgan fingerprint density at radius 2 is 2.18 bits per heavy atom. The largest absolute Gasteiger partial charge is 0.373 e. The van der Waals surface area contributed by atoms with Gasteiger partial charge in [-0.1, -0.05) is 6.07 Å². The molecule has 0 spiro atoms. The molecule has 17 heavy (non-hydrogen) atoms. The van der Waals surface area contributed by atoms with Crippen LogP contribution in [0.4, 0.5) is 5.69 Å². The first-order valence-electron chi connectivity index (χ1n) is 4.75. The van der Waals surface area contributed by atoms with Gasteiger partial charge in [-0.2, -0.15) is 8.42 Å². The highest BCUT2D eigenvalue weighted by Gasteiger charge is 2.31. The van der Waals surface area contributed by atoms with Crippen LogP contribution in [0.2, 0.25) is 0 Å². The molecular formula is C9H9NO6S. The molecule has 0 amide bonds. The topological polar surface area (TPSA) is 110 Å². The molecule has 1 heterocycles. The zero-order valence-corrected chi connectivity index (χ0v) is 9.38. The van der Waals surface area contributed by atoms with E-state index in [1.165, 1.54) is 12.1 Å². The maximum atomic E-state index is 11.1. The molecule has 1 saturated heterocycles. The second kappa shape index (κ2) is 4.06. The lowest BCUT2D eigenvalue weighted by Gasteiger charge is -2.06. The van der Waals surface area contributed by atoms with E-state index in [0.717, 1.165) is 6.07 Å². The molecule has 0 aromatic heterocycles. The minimum Gasteiger partial charge on any atom is -0.373 e. The van der Waals surface area contributed by atoms with Crippen molar-refractivity contribution in [1.29, 1.82) is 0 Å².